The number of nitrogens with zero attached hydrogens (tertiary/aromatic N) is 1. The van der Waals surface area contributed by atoms with Crippen LogP contribution in [0.5, 0.6) is 11.5 Å². The third-order valence-corrected chi connectivity index (χ3v) is 3.84. The number of carbonyl (C=O) groups excluding carboxylic acids is 2. The highest BCUT2D eigenvalue weighted by Gasteiger charge is 2.25. The molecule has 0 aromatic heterocycles. The molecule has 0 unspecified atom stereocenters. The average molecular weight is 326 g/mol. The van der Waals surface area contributed by atoms with Gasteiger partial charge in [0, 0.05) is 25.1 Å². The number of carbonyl (C=O) groups is 2. The Morgan fingerprint density at radius 2 is 1.92 bits per heavy atom. The van der Waals surface area contributed by atoms with E-state index in [2.05, 4.69) is 5.32 Å². The first-order valence-corrected chi connectivity index (χ1v) is 7.71. The number of amides is 2. The predicted octanol–water partition coefficient (Wildman–Crippen LogP) is 1.82. The van der Waals surface area contributed by atoms with Gasteiger partial charge in [-0.25, -0.2) is 0 Å². The van der Waals surface area contributed by atoms with Crippen molar-refractivity contribution in [2.75, 3.05) is 18.1 Å². The number of fused-ring (bicyclic) bond motifs is 1. The summed E-state index contributed by atoms with van der Waals surface area (Å²) >= 11 is 0. The molecule has 24 heavy (non-hydrogen) atoms. The maximum atomic E-state index is 12.0. The summed E-state index contributed by atoms with van der Waals surface area (Å²) in [6.07, 6.45) is 0.174. The molecule has 2 N–H and O–H groups in total. The van der Waals surface area contributed by atoms with Crippen molar-refractivity contribution in [2.24, 2.45) is 0 Å². The number of anilines is 1. The van der Waals surface area contributed by atoms with Crippen molar-refractivity contribution in [1.82, 2.24) is 5.32 Å². The van der Waals surface area contributed by atoms with Gasteiger partial charge in [-0.15, -0.1) is 0 Å². The first kappa shape index (κ1) is 15.9. The largest absolute Gasteiger partial charge is 0.508 e. The molecular formula is C18H18N2O4. The molecule has 6 nitrogen and oxygen atoms in total. The quantitative estimate of drug-likeness (QED) is 0.878. The summed E-state index contributed by atoms with van der Waals surface area (Å²) in [5.41, 5.74) is 1.33. The standard InChI is InChI=1S/C18H18N2O4/c21-15-7-3-1-5-13(15)11-19-17(22)9-10-20-14-6-2-4-8-16(14)24-12-18(20)23/h1-8,21H,9-12H2,(H,19,22). The predicted molar refractivity (Wildman–Crippen MR) is 88.9 cm³/mol. The molecule has 1 aliphatic heterocycles. The first-order valence-electron chi connectivity index (χ1n) is 7.71. The Morgan fingerprint density at radius 1 is 1.17 bits per heavy atom. The summed E-state index contributed by atoms with van der Waals surface area (Å²) in [6.45, 7) is 0.515. The van der Waals surface area contributed by atoms with Gasteiger partial charge in [-0.05, 0) is 18.2 Å². The molecule has 0 atom stereocenters. The van der Waals surface area contributed by atoms with Gasteiger partial charge in [0.2, 0.25) is 5.91 Å². The van der Waals surface area contributed by atoms with E-state index >= 15 is 0 Å². The number of hydrogen-bond donors (Lipinski definition) is 2. The van der Waals surface area contributed by atoms with Crippen molar-refractivity contribution in [3.05, 3.63) is 54.1 Å². The number of phenolic OH excluding ortho intramolecular Hbond substituents is 1. The van der Waals surface area contributed by atoms with Crippen LogP contribution in [0.3, 0.4) is 0 Å². The van der Waals surface area contributed by atoms with Gasteiger partial charge in [0.1, 0.15) is 11.5 Å². The Kier molecular flexibility index (Phi) is 4.65. The Balaban J connectivity index is 1.57. The molecule has 0 fully saturated rings. The summed E-state index contributed by atoms with van der Waals surface area (Å²) in [7, 11) is 0. The lowest BCUT2D eigenvalue weighted by molar-refractivity contribution is -0.122. The van der Waals surface area contributed by atoms with E-state index in [1.54, 1.807) is 41.3 Å². The zero-order valence-electron chi connectivity index (χ0n) is 13.1. The molecule has 6 heteroatoms. The van der Waals surface area contributed by atoms with Gasteiger partial charge in [-0.2, -0.15) is 0 Å². The van der Waals surface area contributed by atoms with Crippen LogP contribution >= 0.6 is 0 Å². The highest BCUT2D eigenvalue weighted by Crippen LogP contribution is 2.31. The second-order valence-electron chi connectivity index (χ2n) is 5.46. The maximum Gasteiger partial charge on any atom is 0.265 e. The Bertz CT molecular complexity index is 760. The van der Waals surface area contributed by atoms with E-state index in [1.165, 1.54) is 0 Å². The minimum absolute atomic E-state index is 0.0173. The number of benzene rings is 2. The first-order chi connectivity index (χ1) is 11.6. The molecular weight excluding hydrogens is 308 g/mol. The lowest BCUT2D eigenvalue weighted by Gasteiger charge is -2.29. The van der Waals surface area contributed by atoms with E-state index in [4.69, 9.17) is 4.74 Å². The van der Waals surface area contributed by atoms with Crippen molar-refractivity contribution in [3.63, 3.8) is 0 Å². The van der Waals surface area contributed by atoms with Crippen molar-refractivity contribution in [1.29, 1.82) is 0 Å². The van der Waals surface area contributed by atoms with E-state index in [0.717, 1.165) is 0 Å². The monoisotopic (exact) mass is 326 g/mol. The average Bonchev–Trinajstić information content (AvgIpc) is 2.60. The number of rotatable bonds is 5. The van der Waals surface area contributed by atoms with Gasteiger partial charge in [0.15, 0.2) is 6.61 Å². The SMILES string of the molecule is O=C(CCN1C(=O)COc2ccccc21)NCc1ccccc1O. The van der Waals surface area contributed by atoms with Gasteiger partial charge < -0.3 is 20.1 Å². The van der Waals surface area contributed by atoms with Gasteiger partial charge in [0.05, 0.1) is 5.69 Å². The van der Waals surface area contributed by atoms with Crippen LogP contribution in [0.15, 0.2) is 48.5 Å². The second kappa shape index (κ2) is 7.04. The fourth-order valence-electron chi connectivity index (χ4n) is 2.55. The maximum absolute atomic E-state index is 12.0. The third kappa shape index (κ3) is 3.48. The highest BCUT2D eigenvalue weighted by molar-refractivity contribution is 5.98. The molecule has 3 rings (SSSR count). The summed E-state index contributed by atoms with van der Waals surface area (Å²) in [5.74, 6) is 0.444. The lowest BCUT2D eigenvalue weighted by Crippen LogP contribution is -2.41. The molecule has 0 saturated heterocycles. The van der Waals surface area contributed by atoms with Crippen LogP contribution in [0.1, 0.15) is 12.0 Å². The summed E-state index contributed by atoms with van der Waals surface area (Å²) in [6, 6.07) is 14.1. The molecule has 0 spiro atoms. The van der Waals surface area contributed by atoms with Crippen LogP contribution in [0.25, 0.3) is 0 Å². The van der Waals surface area contributed by atoms with Crippen molar-refractivity contribution in [2.45, 2.75) is 13.0 Å². The smallest absolute Gasteiger partial charge is 0.265 e. The molecule has 0 bridgehead atoms. The second-order valence-corrected chi connectivity index (χ2v) is 5.46. The Labute approximate surface area is 139 Å². The fourth-order valence-corrected chi connectivity index (χ4v) is 2.55. The van der Waals surface area contributed by atoms with E-state index in [1.807, 2.05) is 12.1 Å². The van der Waals surface area contributed by atoms with Gasteiger partial charge in [0.25, 0.3) is 5.91 Å². The van der Waals surface area contributed by atoms with E-state index < -0.39 is 0 Å². The van der Waals surface area contributed by atoms with Crippen LogP contribution in [0.2, 0.25) is 0 Å². The van der Waals surface area contributed by atoms with Crippen LogP contribution in [-0.2, 0) is 16.1 Å². The van der Waals surface area contributed by atoms with E-state index in [9.17, 15) is 14.7 Å². The van der Waals surface area contributed by atoms with E-state index in [-0.39, 0.29) is 43.7 Å². The Morgan fingerprint density at radius 3 is 2.75 bits per heavy atom. The summed E-state index contributed by atoms with van der Waals surface area (Å²) in [4.78, 5) is 25.6. The molecule has 0 radical (unpaired) electrons. The van der Waals surface area contributed by atoms with E-state index in [0.29, 0.717) is 17.0 Å². The van der Waals surface area contributed by atoms with Crippen LogP contribution in [-0.4, -0.2) is 30.1 Å². The minimum Gasteiger partial charge on any atom is -0.508 e. The summed E-state index contributed by atoms with van der Waals surface area (Å²) in [5, 5.41) is 12.4. The van der Waals surface area contributed by atoms with Crippen molar-refractivity contribution >= 4 is 17.5 Å². The number of hydrogen-bond acceptors (Lipinski definition) is 4. The van der Waals surface area contributed by atoms with Crippen LogP contribution in [0, 0.1) is 0 Å². The normalized spacial score (nSPS) is 13.2. The molecule has 1 aliphatic rings. The van der Waals surface area contributed by atoms with Gasteiger partial charge >= 0.3 is 0 Å². The molecule has 2 aromatic rings. The number of para-hydroxylation sites is 3. The number of nitrogens with one attached hydrogen (secondary N) is 1. The molecule has 124 valence electrons. The Hall–Kier alpha value is -3.02. The van der Waals surface area contributed by atoms with Gasteiger partial charge in [-0.3, -0.25) is 9.59 Å². The zero-order chi connectivity index (χ0) is 16.9. The van der Waals surface area contributed by atoms with Crippen LogP contribution < -0.4 is 15.0 Å². The third-order valence-electron chi connectivity index (χ3n) is 3.84. The summed E-state index contributed by atoms with van der Waals surface area (Å²) < 4.78 is 5.37. The number of aromatic hydroxyl groups is 1. The molecule has 0 aliphatic carbocycles. The number of phenols is 1. The topological polar surface area (TPSA) is 78.9 Å². The molecule has 0 saturated carbocycles. The highest BCUT2D eigenvalue weighted by atomic mass is 16.5. The molecule has 1 heterocycles. The molecule has 2 amide bonds. The number of ether oxygens (including phenoxy) is 1. The zero-order valence-corrected chi connectivity index (χ0v) is 13.1. The molecule has 2 aromatic carbocycles. The lowest BCUT2D eigenvalue weighted by atomic mass is 10.2. The minimum atomic E-state index is -0.185. The van der Waals surface area contributed by atoms with Crippen molar-refractivity contribution < 1.29 is 19.4 Å². The van der Waals surface area contributed by atoms with Crippen molar-refractivity contribution in [3.8, 4) is 11.5 Å². The van der Waals surface area contributed by atoms with Gasteiger partial charge in [-0.1, -0.05) is 30.3 Å². The fraction of sp³-hybridized carbons (Fsp3) is 0.222. The van der Waals surface area contributed by atoms with Crippen LogP contribution in [0.4, 0.5) is 5.69 Å².